The van der Waals surface area contributed by atoms with Crippen molar-refractivity contribution in [3.05, 3.63) is 52.8 Å². The highest BCUT2D eigenvalue weighted by atomic mass is 16.5. The fourth-order valence-electron chi connectivity index (χ4n) is 2.87. The Bertz CT molecular complexity index is 667. The molecule has 1 fully saturated rings. The van der Waals surface area contributed by atoms with E-state index in [1.807, 2.05) is 11.8 Å². The number of H-pyrrole nitrogens is 1. The first-order chi connectivity index (χ1) is 10.6. The highest BCUT2D eigenvalue weighted by Crippen LogP contribution is 2.28. The summed E-state index contributed by atoms with van der Waals surface area (Å²) in [6.07, 6.45) is 3.13. The minimum Gasteiger partial charge on any atom is -0.370 e. The van der Waals surface area contributed by atoms with Crippen molar-refractivity contribution in [3.8, 4) is 0 Å². The maximum atomic E-state index is 12.6. The molecule has 5 heteroatoms. The van der Waals surface area contributed by atoms with Crippen molar-refractivity contribution in [3.63, 3.8) is 0 Å². The Balaban J connectivity index is 1.84. The molecule has 5 nitrogen and oxygen atoms in total. The van der Waals surface area contributed by atoms with E-state index in [-0.39, 0.29) is 18.1 Å². The maximum Gasteiger partial charge on any atom is 0.257 e. The van der Waals surface area contributed by atoms with Crippen molar-refractivity contribution >= 4 is 5.91 Å². The molecule has 1 aromatic carbocycles. The van der Waals surface area contributed by atoms with Gasteiger partial charge in [-0.3, -0.25) is 9.89 Å². The Kier molecular flexibility index (Phi) is 3.98. The molecule has 2 unspecified atom stereocenters. The lowest BCUT2D eigenvalue weighted by Gasteiger charge is -2.38. The molecule has 116 valence electrons. The molecule has 2 heterocycles. The van der Waals surface area contributed by atoms with Crippen LogP contribution in [0.2, 0.25) is 0 Å². The Morgan fingerprint density at radius 2 is 2.23 bits per heavy atom. The number of rotatable bonds is 2. The van der Waals surface area contributed by atoms with Crippen LogP contribution in [0.1, 0.15) is 40.1 Å². The quantitative estimate of drug-likeness (QED) is 0.927. The van der Waals surface area contributed by atoms with E-state index in [4.69, 9.17) is 4.74 Å². The standard InChI is InChI=1S/C17H21N3O2/c1-11-4-5-12(2)15(6-11)16-9-20(13(3)10-22-16)17(21)14-7-18-19-8-14/h4-8,13,16H,9-10H2,1-3H3,(H,18,19). The molecular weight excluding hydrogens is 278 g/mol. The summed E-state index contributed by atoms with van der Waals surface area (Å²) in [6, 6.07) is 6.41. The van der Waals surface area contributed by atoms with Gasteiger partial charge in [0.25, 0.3) is 5.91 Å². The number of carbonyl (C=O) groups is 1. The van der Waals surface area contributed by atoms with Gasteiger partial charge in [-0.2, -0.15) is 5.10 Å². The first-order valence-corrected chi connectivity index (χ1v) is 7.54. The number of nitrogens with zero attached hydrogens (tertiary/aromatic N) is 2. The third kappa shape index (κ3) is 2.76. The number of aromatic nitrogens is 2. The molecule has 1 aliphatic rings. The Morgan fingerprint density at radius 3 is 2.95 bits per heavy atom. The normalized spacial score (nSPS) is 21.9. The van der Waals surface area contributed by atoms with E-state index in [9.17, 15) is 4.79 Å². The number of benzene rings is 1. The zero-order chi connectivity index (χ0) is 15.7. The van der Waals surface area contributed by atoms with Crippen molar-refractivity contribution in [2.75, 3.05) is 13.2 Å². The molecular formula is C17H21N3O2. The molecule has 2 aromatic rings. The van der Waals surface area contributed by atoms with E-state index in [2.05, 4.69) is 42.2 Å². The predicted octanol–water partition coefficient (Wildman–Crippen LogP) is 2.63. The van der Waals surface area contributed by atoms with Crippen molar-refractivity contribution < 1.29 is 9.53 Å². The minimum atomic E-state index is -0.0769. The summed E-state index contributed by atoms with van der Waals surface area (Å²) in [5, 5.41) is 6.56. The van der Waals surface area contributed by atoms with Crippen LogP contribution in [0.4, 0.5) is 0 Å². The minimum absolute atomic E-state index is 0.000133. The maximum absolute atomic E-state index is 12.6. The molecule has 1 aromatic heterocycles. The van der Waals surface area contributed by atoms with Gasteiger partial charge in [-0.15, -0.1) is 0 Å². The van der Waals surface area contributed by atoms with Gasteiger partial charge < -0.3 is 9.64 Å². The van der Waals surface area contributed by atoms with Gasteiger partial charge in [-0.25, -0.2) is 0 Å². The van der Waals surface area contributed by atoms with Gasteiger partial charge in [0.1, 0.15) is 6.10 Å². The van der Waals surface area contributed by atoms with Crippen LogP contribution >= 0.6 is 0 Å². The first-order valence-electron chi connectivity index (χ1n) is 7.54. The van der Waals surface area contributed by atoms with Crippen LogP contribution in [0.25, 0.3) is 0 Å². The van der Waals surface area contributed by atoms with Crippen molar-refractivity contribution in [1.29, 1.82) is 0 Å². The summed E-state index contributed by atoms with van der Waals surface area (Å²) in [7, 11) is 0. The Hall–Kier alpha value is -2.14. The fraction of sp³-hybridized carbons (Fsp3) is 0.412. The van der Waals surface area contributed by atoms with Gasteiger partial charge in [0.15, 0.2) is 0 Å². The molecule has 0 bridgehead atoms. The largest absolute Gasteiger partial charge is 0.370 e. The molecule has 1 saturated heterocycles. The number of morpholine rings is 1. The second-order valence-electron chi connectivity index (χ2n) is 5.98. The Morgan fingerprint density at radius 1 is 1.41 bits per heavy atom. The van der Waals surface area contributed by atoms with Crippen molar-refractivity contribution in [2.24, 2.45) is 0 Å². The molecule has 1 amide bonds. The van der Waals surface area contributed by atoms with E-state index in [0.29, 0.717) is 18.7 Å². The molecule has 0 spiro atoms. The molecule has 1 N–H and O–H groups in total. The molecule has 22 heavy (non-hydrogen) atoms. The first kappa shape index (κ1) is 14.8. The highest BCUT2D eigenvalue weighted by molar-refractivity contribution is 5.94. The number of hydrogen-bond acceptors (Lipinski definition) is 3. The summed E-state index contributed by atoms with van der Waals surface area (Å²) >= 11 is 0. The van der Waals surface area contributed by atoms with Crippen LogP contribution in [0.5, 0.6) is 0 Å². The van der Waals surface area contributed by atoms with Crippen LogP contribution < -0.4 is 0 Å². The summed E-state index contributed by atoms with van der Waals surface area (Å²) < 4.78 is 5.99. The summed E-state index contributed by atoms with van der Waals surface area (Å²) in [5.41, 5.74) is 4.15. The third-order valence-corrected chi connectivity index (χ3v) is 4.22. The molecule has 0 saturated carbocycles. The van der Waals surface area contributed by atoms with Crippen molar-refractivity contribution in [1.82, 2.24) is 15.1 Å². The second-order valence-corrected chi connectivity index (χ2v) is 5.98. The lowest BCUT2D eigenvalue weighted by molar-refractivity contribution is -0.0489. The number of nitrogens with one attached hydrogen (secondary N) is 1. The summed E-state index contributed by atoms with van der Waals surface area (Å²) in [5.74, 6) is -0.000133. The summed E-state index contributed by atoms with van der Waals surface area (Å²) in [4.78, 5) is 14.5. The molecule has 0 aliphatic carbocycles. The second kappa shape index (κ2) is 5.93. The monoisotopic (exact) mass is 299 g/mol. The average Bonchev–Trinajstić information content (AvgIpc) is 3.04. The van der Waals surface area contributed by atoms with E-state index < -0.39 is 0 Å². The van der Waals surface area contributed by atoms with E-state index in [1.54, 1.807) is 12.4 Å². The molecule has 3 rings (SSSR count). The zero-order valence-corrected chi connectivity index (χ0v) is 13.2. The van der Waals surface area contributed by atoms with Crippen LogP contribution in [0.15, 0.2) is 30.6 Å². The highest BCUT2D eigenvalue weighted by Gasteiger charge is 2.32. The van der Waals surface area contributed by atoms with Gasteiger partial charge in [0.05, 0.1) is 31.0 Å². The number of aromatic amines is 1. The zero-order valence-electron chi connectivity index (χ0n) is 13.2. The average molecular weight is 299 g/mol. The molecule has 1 aliphatic heterocycles. The van der Waals surface area contributed by atoms with Crippen molar-refractivity contribution in [2.45, 2.75) is 32.9 Å². The lowest BCUT2D eigenvalue weighted by Crippen LogP contribution is -2.48. The number of ether oxygens (including phenoxy) is 1. The number of amides is 1. The van der Waals surface area contributed by atoms with Gasteiger partial charge >= 0.3 is 0 Å². The fourth-order valence-corrected chi connectivity index (χ4v) is 2.87. The van der Waals surface area contributed by atoms with Gasteiger partial charge in [0, 0.05) is 6.20 Å². The van der Waals surface area contributed by atoms with E-state index in [0.717, 1.165) is 5.56 Å². The van der Waals surface area contributed by atoms with E-state index >= 15 is 0 Å². The smallest absolute Gasteiger partial charge is 0.257 e. The Labute approximate surface area is 130 Å². The third-order valence-electron chi connectivity index (χ3n) is 4.22. The lowest BCUT2D eigenvalue weighted by atomic mass is 9.98. The van der Waals surface area contributed by atoms with Gasteiger partial charge in [-0.05, 0) is 31.9 Å². The topological polar surface area (TPSA) is 58.2 Å². The van der Waals surface area contributed by atoms with Crippen LogP contribution in [0, 0.1) is 13.8 Å². The van der Waals surface area contributed by atoms with Crippen LogP contribution in [-0.2, 0) is 4.74 Å². The van der Waals surface area contributed by atoms with Gasteiger partial charge in [-0.1, -0.05) is 23.8 Å². The van der Waals surface area contributed by atoms with Gasteiger partial charge in [0.2, 0.25) is 0 Å². The summed E-state index contributed by atoms with van der Waals surface area (Å²) in [6.45, 7) is 7.27. The number of hydrogen-bond donors (Lipinski definition) is 1. The van der Waals surface area contributed by atoms with Crippen LogP contribution in [-0.4, -0.2) is 40.2 Å². The predicted molar refractivity (Wildman–Crippen MR) is 83.7 cm³/mol. The molecule has 2 atom stereocenters. The number of carbonyl (C=O) groups excluding carboxylic acids is 1. The SMILES string of the molecule is Cc1ccc(C)c(C2CN(C(=O)c3cn[nH]c3)C(C)CO2)c1. The number of aryl methyl sites for hydroxylation is 2. The van der Waals surface area contributed by atoms with E-state index in [1.165, 1.54) is 11.1 Å². The molecule has 0 radical (unpaired) electrons. The van der Waals surface area contributed by atoms with Crippen LogP contribution in [0.3, 0.4) is 0 Å².